The first kappa shape index (κ1) is 18.7. The molecule has 0 bridgehead atoms. The number of thioether (sulfide) groups is 2. The van der Waals surface area contributed by atoms with Gasteiger partial charge in [-0.25, -0.2) is 9.97 Å². The summed E-state index contributed by atoms with van der Waals surface area (Å²) in [5, 5.41) is 18.1. The fourth-order valence-corrected chi connectivity index (χ4v) is 2.79. The molecule has 0 saturated heterocycles. The average Bonchev–Trinajstić information content (AvgIpc) is 2.47. The van der Waals surface area contributed by atoms with Crippen molar-refractivity contribution < 1.29 is 19.8 Å². The molecule has 1 rings (SSSR count). The van der Waals surface area contributed by atoms with E-state index in [-0.39, 0.29) is 11.5 Å². The van der Waals surface area contributed by atoms with Crippen LogP contribution in [0, 0.1) is 0 Å². The minimum atomic E-state index is -0.949. The van der Waals surface area contributed by atoms with E-state index in [9.17, 15) is 9.59 Å². The van der Waals surface area contributed by atoms with E-state index in [1.165, 1.54) is 0 Å². The molecule has 0 unspecified atom stereocenters. The van der Waals surface area contributed by atoms with Gasteiger partial charge in [-0.2, -0.15) is 4.98 Å². The Hall–Kier alpha value is -1.35. The largest absolute Gasteiger partial charge is 0.481 e. The van der Waals surface area contributed by atoms with E-state index in [1.807, 2.05) is 0 Å². The molecule has 2 N–H and O–H groups in total. The SMILES string of the molecule is CCCCCCc1nc(SCC(=O)O)nc(SCC(=O)O)n1. The van der Waals surface area contributed by atoms with E-state index in [4.69, 9.17) is 10.2 Å². The second kappa shape index (κ2) is 10.4. The maximum atomic E-state index is 10.6. The van der Waals surface area contributed by atoms with Crippen molar-refractivity contribution in [3.8, 4) is 0 Å². The van der Waals surface area contributed by atoms with Gasteiger partial charge in [-0.05, 0) is 6.42 Å². The predicted octanol–water partition coefficient (Wildman–Crippen LogP) is 2.35. The molecule has 9 heteroatoms. The summed E-state index contributed by atoms with van der Waals surface area (Å²) < 4.78 is 0. The van der Waals surface area contributed by atoms with Gasteiger partial charge in [-0.3, -0.25) is 9.59 Å². The molecule has 0 aliphatic rings. The van der Waals surface area contributed by atoms with Crippen molar-refractivity contribution >= 4 is 35.5 Å². The number of aromatic nitrogens is 3. The lowest BCUT2D eigenvalue weighted by molar-refractivity contribution is -0.134. The van der Waals surface area contributed by atoms with Crippen molar-refractivity contribution in [2.45, 2.75) is 49.3 Å². The lowest BCUT2D eigenvalue weighted by Gasteiger charge is -2.05. The Bertz CT molecular complexity index is 478. The van der Waals surface area contributed by atoms with Gasteiger partial charge < -0.3 is 10.2 Å². The third kappa shape index (κ3) is 8.18. The summed E-state index contributed by atoms with van der Waals surface area (Å²) in [7, 11) is 0. The molecule has 0 amide bonds. The van der Waals surface area contributed by atoms with E-state index in [1.54, 1.807) is 0 Å². The highest BCUT2D eigenvalue weighted by Gasteiger charge is 2.11. The van der Waals surface area contributed by atoms with Gasteiger partial charge in [0.05, 0.1) is 11.5 Å². The minimum absolute atomic E-state index is 0.137. The first-order chi connectivity index (χ1) is 10.5. The zero-order valence-electron chi connectivity index (χ0n) is 12.3. The minimum Gasteiger partial charge on any atom is -0.481 e. The molecule has 1 heterocycles. The Kier molecular flexibility index (Phi) is 8.83. The molecule has 1 aromatic heterocycles. The highest BCUT2D eigenvalue weighted by atomic mass is 32.2. The van der Waals surface area contributed by atoms with E-state index < -0.39 is 11.9 Å². The Morgan fingerprint density at radius 1 is 0.909 bits per heavy atom. The molecule has 0 radical (unpaired) electrons. The lowest BCUT2D eigenvalue weighted by Crippen LogP contribution is -2.06. The number of carbonyl (C=O) groups is 2. The number of unbranched alkanes of at least 4 members (excludes halogenated alkanes) is 3. The van der Waals surface area contributed by atoms with Crippen LogP contribution in [0.1, 0.15) is 38.4 Å². The Morgan fingerprint density at radius 3 is 1.91 bits per heavy atom. The number of nitrogens with zero attached hydrogens (tertiary/aromatic N) is 3. The van der Waals surface area contributed by atoms with E-state index in [0.717, 1.165) is 49.2 Å². The van der Waals surface area contributed by atoms with Gasteiger partial charge in [0, 0.05) is 6.42 Å². The highest BCUT2D eigenvalue weighted by Crippen LogP contribution is 2.19. The Morgan fingerprint density at radius 2 is 1.45 bits per heavy atom. The summed E-state index contributed by atoms with van der Waals surface area (Å²) in [5.74, 6) is -1.58. The second-order valence-corrected chi connectivity index (χ2v) is 6.38. The fourth-order valence-electron chi connectivity index (χ4n) is 1.58. The molecule has 122 valence electrons. The van der Waals surface area contributed by atoms with Gasteiger partial charge in [0.25, 0.3) is 0 Å². The van der Waals surface area contributed by atoms with Gasteiger partial charge in [-0.15, -0.1) is 0 Å². The Balaban J connectivity index is 2.74. The van der Waals surface area contributed by atoms with Gasteiger partial charge in [0.1, 0.15) is 5.82 Å². The number of aliphatic carboxylic acids is 2. The third-order valence-corrected chi connectivity index (χ3v) is 4.21. The molecule has 22 heavy (non-hydrogen) atoms. The van der Waals surface area contributed by atoms with E-state index in [2.05, 4.69) is 21.9 Å². The normalized spacial score (nSPS) is 10.6. The van der Waals surface area contributed by atoms with Crippen molar-refractivity contribution in [2.24, 2.45) is 0 Å². The van der Waals surface area contributed by atoms with Crippen molar-refractivity contribution in [1.29, 1.82) is 0 Å². The number of hydrogen-bond acceptors (Lipinski definition) is 7. The van der Waals surface area contributed by atoms with Crippen LogP contribution in [-0.4, -0.2) is 48.6 Å². The molecule has 0 aliphatic carbocycles. The molecule has 0 aliphatic heterocycles. The Labute approximate surface area is 137 Å². The monoisotopic (exact) mass is 345 g/mol. The zero-order valence-corrected chi connectivity index (χ0v) is 14.0. The molecule has 1 aromatic rings. The molecule has 0 atom stereocenters. The van der Waals surface area contributed by atoms with Gasteiger partial charge in [0.15, 0.2) is 10.3 Å². The fraction of sp³-hybridized carbons (Fsp3) is 0.615. The zero-order chi connectivity index (χ0) is 16.4. The van der Waals surface area contributed by atoms with Crippen LogP contribution in [0.15, 0.2) is 10.3 Å². The van der Waals surface area contributed by atoms with Crippen LogP contribution in [0.2, 0.25) is 0 Å². The molecule has 0 fully saturated rings. The summed E-state index contributed by atoms with van der Waals surface area (Å²) in [6.07, 6.45) is 4.99. The van der Waals surface area contributed by atoms with Gasteiger partial charge in [0.2, 0.25) is 0 Å². The number of rotatable bonds is 11. The lowest BCUT2D eigenvalue weighted by atomic mass is 10.1. The standard InChI is InChI=1S/C13H19N3O4S2/c1-2-3-4-5-6-9-14-12(21-7-10(17)18)16-13(15-9)22-8-11(19)20/h2-8H2,1H3,(H,17,18)(H,19,20). The van der Waals surface area contributed by atoms with Crippen LogP contribution in [0.5, 0.6) is 0 Å². The van der Waals surface area contributed by atoms with E-state index in [0.29, 0.717) is 22.6 Å². The first-order valence-corrected chi connectivity index (χ1v) is 8.92. The number of carboxylic acid groups (broad SMARTS) is 2. The summed E-state index contributed by atoms with van der Waals surface area (Å²) in [6, 6.07) is 0. The summed E-state index contributed by atoms with van der Waals surface area (Å²) >= 11 is 2.02. The summed E-state index contributed by atoms with van der Waals surface area (Å²) in [5.41, 5.74) is 0. The molecule has 7 nitrogen and oxygen atoms in total. The van der Waals surface area contributed by atoms with Gasteiger partial charge >= 0.3 is 11.9 Å². The second-order valence-electron chi connectivity index (χ2n) is 4.49. The van der Waals surface area contributed by atoms with Crippen molar-refractivity contribution in [3.05, 3.63) is 5.82 Å². The molecule has 0 aromatic carbocycles. The van der Waals surface area contributed by atoms with E-state index >= 15 is 0 Å². The summed E-state index contributed by atoms with van der Waals surface area (Å²) in [6.45, 7) is 2.13. The topological polar surface area (TPSA) is 113 Å². The van der Waals surface area contributed by atoms with Gasteiger partial charge in [-0.1, -0.05) is 49.7 Å². The van der Waals surface area contributed by atoms with Crippen molar-refractivity contribution in [1.82, 2.24) is 15.0 Å². The molecule has 0 saturated carbocycles. The smallest absolute Gasteiger partial charge is 0.313 e. The number of carboxylic acids is 2. The molecule has 0 spiro atoms. The van der Waals surface area contributed by atoms with Crippen LogP contribution < -0.4 is 0 Å². The number of aryl methyl sites for hydroxylation is 1. The summed E-state index contributed by atoms with van der Waals surface area (Å²) in [4.78, 5) is 33.8. The maximum absolute atomic E-state index is 10.6. The predicted molar refractivity (Wildman–Crippen MR) is 84.4 cm³/mol. The maximum Gasteiger partial charge on any atom is 0.313 e. The van der Waals surface area contributed by atoms with Crippen molar-refractivity contribution in [3.63, 3.8) is 0 Å². The molecular formula is C13H19N3O4S2. The van der Waals surface area contributed by atoms with Crippen molar-refractivity contribution in [2.75, 3.05) is 11.5 Å². The van der Waals surface area contributed by atoms with Crippen LogP contribution in [0.3, 0.4) is 0 Å². The highest BCUT2D eigenvalue weighted by molar-refractivity contribution is 8.00. The van der Waals surface area contributed by atoms with Crippen LogP contribution >= 0.6 is 23.5 Å². The van der Waals surface area contributed by atoms with Crippen LogP contribution in [0.4, 0.5) is 0 Å². The third-order valence-electron chi connectivity index (χ3n) is 2.54. The van der Waals surface area contributed by atoms with Crippen LogP contribution in [0.25, 0.3) is 0 Å². The quantitative estimate of drug-likeness (QED) is 0.461. The number of hydrogen-bond donors (Lipinski definition) is 2. The average molecular weight is 345 g/mol. The molecular weight excluding hydrogens is 326 g/mol. The first-order valence-electron chi connectivity index (χ1n) is 6.95. The van der Waals surface area contributed by atoms with Crippen LogP contribution in [-0.2, 0) is 16.0 Å².